The van der Waals surface area contributed by atoms with E-state index in [4.69, 9.17) is 9.47 Å². The molecule has 0 spiro atoms. The molecule has 1 atom stereocenters. The topological polar surface area (TPSA) is 38.7 Å². The van der Waals surface area contributed by atoms with Crippen molar-refractivity contribution in [1.29, 1.82) is 0 Å². The van der Waals surface area contributed by atoms with Crippen LogP contribution in [0.4, 0.5) is 0 Å². The molecule has 0 aliphatic carbocycles. The van der Waals surface area contributed by atoms with Crippen molar-refractivity contribution in [2.24, 2.45) is 0 Å². The Labute approximate surface area is 106 Å². The number of ether oxygens (including phenoxy) is 2. The van der Waals surface area contributed by atoms with Crippen LogP contribution in [-0.2, 0) is 0 Å². The summed E-state index contributed by atoms with van der Waals surface area (Å²) in [6, 6.07) is 15.7. The average molecular weight is 242 g/mol. The van der Waals surface area contributed by atoms with Crippen LogP contribution in [0.3, 0.4) is 0 Å². The summed E-state index contributed by atoms with van der Waals surface area (Å²) in [5, 5.41) is 9.28. The normalized spacial score (nSPS) is 17.5. The molecule has 0 amide bonds. The van der Waals surface area contributed by atoms with E-state index >= 15 is 0 Å². The minimum Gasteiger partial charge on any atom is -0.489 e. The van der Waals surface area contributed by atoms with E-state index in [1.165, 1.54) is 0 Å². The highest BCUT2D eigenvalue weighted by molar-refractivity contribution is 5.75. The fourth-order valence-corrected chi connectivity index (χ4v) is 2.09. The summed E-state index contributed by atoms with van der Waals surface area (Å²) in [4.78, 5) is 0. The van der Waals surface area contributed by atoms with E-state index in [-0.39, 0.29) is 12.7 Å². The number of aliphatic hydroxyl groups is 1. The highest BCUT2D eigenvalue weighted by Crippen LogP contribution is 2.37. The maximum Gasteiger partial charge on any atom is 0.155 e. The second kappa shape index (κ2) is 4.70. The lowest BCUT2D eigenvalue weighted by molar-refractivity contribution is 0.0705. The number of para-hydroxylation sites is 2. The molecule has 2 aromatic rings. The second-order valence-corrected chi connectivity index (χ2v) is 4.23. The summed E-state index contributed by atoms with van der Waals surface area (Å²) in [5.41, 5.74) is 2.01. The van der Waals surface area contributed by atoms with Gasteiger partial charge in [-0.1, -0.05) is 36.4 Å². The zero-order valence-corrected chi connectivity index (χ0v) is 9.87. The molecule has 0 fully saturated rings. The fourth-order valence-electron chi connectivity index (χ4n) is 2.09. The Hall–Kier alpha value is -2.00. The van der Waals surface area contributed by atoms with Crippen molar-refractivity contribution >= 4 is 0 Å². The standard InChI is InChI=1S/C15H14O3/c16-9-11-10-17-14-7-3-1-5-12(14)13-6-2-4-8-15(13)18-11/h1-8,11,16H,9-10H2. The molecule has 3 rings (SSSR count). The van der Waals surface area contributed by atoms with Gasteiger partial charge in [-0.2, -0.15) is 0 Å². The molecule has 1 N–H and O–H groups in total. The van der Waals surface area contributed by atoms with Gasteiger partial charge in [0, 0.05) is 11.1 Å². The van der Waals surface area contributed by atoms with Crippen molar-refractivity contribution in [3.63, 3.8) is 0 Å². The third-order valence-corrected chi connectivity index (χ3v) is 2.99. The van der Waals surface area contributed by atoms with Gasteiger partial charge in [-0.3, -0.25) is 0 Å². The molecule has 1 unspecified atom stereocenters. The quantitative estimate of drug-likeness (QED) is 0.835. The number of benzene rings is 2. The molecule has 2 aromatic carbocycles. The predicted molar refractivity (Wildman–Crippen MR) is 68.9 cm³/mol. The first-order chi connectivity index (χ1) is 8.88. The van der Waals surface area contributed by atoms with Crippen LogP contribution in [0, 0.1) is 0 Å². The third-order valence-electron chi connectivity index (χ3n) is 2.99. The van der Waals surface area contributed by atoms with Gasteiger partial charge in [0.2, 0.25) is 0 Å². The lowest BCUT2D eigenvalue weighted by atomic mass is 10.0. The van der Waals surface area contributed by atoms with Gasteiger partial charge in [0.25, 0.3) is 0 Å². The molecule has 0 aromatic heterocycles. The van der Waals surface area contributed by atoms with Crippen LogP contribution in [0.5, 0.6) is 11.5 Å². The Morgan fingerprint density at radius 2 is 1.56 bits per heavy atom. The molecule has 0 bridgehead atoms. The van der Waals surface area contributed by atoms with Crippen LogP contribution in [0.2, 0.25) is 0 Å². The number of rotatable bonds is 1. The summed E-state index contributed by atoms with van der Waals surface area (Å²) >= 11 is 0. The molecule has 0 saturated carbocycles. The van der Waals surface area contributed by atoms with Crippen LogP contribution < -0.4 is 9.47 Å². The van der Waals surface area contributed by atoms with Gasteiger partial charge in [-0.15, -0.1) is 0 Å². The molecular formula is C15H14O3. The monoisotopic (exact) mass is 242 g/mol. The van der Waals surface area contributed by atoms with Crippen LogP contribution >= 0.6 is 0 Å². The lowest BCUT2D eigenvalue weighted by Gasteiger charge is -2.24. The van der Waals surface area contributed by atoms with E-state index in [1.807, 2.05) is 48.5 Å². The highest BCUT2D eigenvalue weighted by Gasteiger charge is 2.19. The van der Waals surface area contributed by atoms with Crippen molar-refractivity contribution in [2.45, 2.75) is 6.10 Å². The van der Waals surface area contributed by atoms with Gasteiger partial charge >= 0.3 is 0 Å². The average Bonchev–Trinajstić information content (AvgIpc) is 2.42. The van der Waals surface area contributed by atoms with Crippen molar-refractivity contribution in [3.8, 4) is 22.6 Å². The van der Waals surface area contributed by atoms with Crippen molar-refractivity contribution < 1.29 is 14.6 Å². The zero-order valence-electron chi connectivity index (χ0n) is 9.87. The van der Waals surface area contributed by atoms with E-state index in [0.29, 0.717) is 6.61 Å². The van der Waals surface area contributed by atoms with E-state index < -0.39 is 0 Å². The smallest absolute Gasteiger partial charge is 0.155 e. The Morgan fingerprint density at radius 3 is 2.28 bits per heavy atom. The van der Waals surface area contributed by atoms with Crippen molar-refractivity contribution in [3.05, 3.63) is 48.5 Å². The summed E-state index contributed by atoms with van der Waals surface area (Å²) < 4.78 is 11.5. The fraction of sp³-hybridized carbons (Fsp3) is 0.200. The van der Waals surface area contributed by atoms with Gasteiger partial charge in [-0.05, 0) is 12.1 Å². The third kappa shape index (κ3) is 1.93. The van der Waals surface area contributed by atoms with Crippen LogP contribution in [0.15, 0.2) is 48.5 Å². The number of aliphatic hydroxyl groups excluding tert-OH is 1. The molecule has 3 nitrogen and oxygen atoms in total. The van der Waals surface area contributed by atoms with Crippen LogP contribution in [0.1, 0.15) is 0 Å². The first-order valence-electron chi connectivity index (χ1n) is 5.97. The molecule has 1 heterocycles. The van der Waals surface area contributed by atoms with E-state index in [2.05, 4.69) is 0 Å². The van der Waals surface area contributed by atoms with E-state index in [0.717, 1.165) is 22.6 Å². The number of fused-ring (bicyclic) bond motifs is 3. The summed E-state index contributed by atoms with van der Waals surface area (Å²) in [7, 11) is 0. The zero-order chi connectivity index (χ0) is 12.4. The summed E-state index contributed by atoms with van der Waals surface area (Å²) in [6.45, 7) is 0.290. The van der Waals surface area contributed by atoms with Crippen LogP contribution in [0.25, 0.3) is 11.1 Å². The predicted octanol–water partition coefficient (Wildman–Crippen LogP) is 2.49. The molecular weight excluding hydrogens is 228 g/mol. The first-order valence-corrected chi connectivity index (χ1v) is 5.97. The molecule has 0 saturated heterocycles. The Balaban J connectivity index is 2.15. The molecule has 18 heavy (non-hydrogen) atoms. The van der Waals surface area contributed by atoms with Gasteiger partial charge in [0.15, 0.2) is 6.10 Å². The second-order valence-electron chi connectivity index (χ2n) is 4.23. The maximum atomic E-state index is 9.28. The molecule has 1 aliphatic heterocycles. The van der Waals surface area contributed by atoms with Crippen LogP contribution in [-0.4, -0.2) is 24.4 Å². The highest BCUT2D eigenvalue weighted by atomic mass is 16.5. The minimum atomic E-state index is -0.334. The minimum absolute atomic E-state index is 0.0590. The van der Waals surface area contributed by atoms with Crippen molar-refractivity contribution in [1.82, 2.24) is 0 Å². The maximum absolute atomic E-state index is 9.28. The Kier molecular flexibility index (Phi) is 2.90. The number of hydrogen-bond acceptors (Lipinski definition) is 3. The van der Waals surface area contributed by atoms with Gasteiger partial charge in [0.05, 0.1) is 6.61 Å². The molecule has 0 radical (unpaired) electrons. The SMILES string of the molecule is OCC1COc2ccccc2-c2ccccc2O1. The molecule has 1 aliphatic rings. The Morgan fingerprint density at radius 1 is 0.944 bits per heavy atom. The van der Waals surface area contributed by atoms with Gasteiger partial charge in [-0.25, -0.2) is 0 Å². The Bertz CT molecular complexity index is 551. The summed E-state index contributed by atoms with van der Waals surface area (Å²) in [5.74, 6) is 1.61. The van der Waals surface area contributed by atoms with E-state index in [9.17, 15) is 5.11 Å². The lowest BCUT2D eigenvalue weighted by Crippen LogP contribution is -2.29. The van der Waals surface area contributed by atoms with Crippen molar-refractivity contribution in [2.75, 3.05) is 13.2 Å². The van der Waals surface area contributed by atoms with E-state index in [1.54, 1.807) is 0 Å². The summed E-state index contributed by atoms with van der Waals surface area (Å²) in [6.07, 6.45) is -0.334. The molecule has 3 heteroatoms. The first kappa shape index (κ1) is 11.1. The van der Waals surface area contributed by atoms with Gasteiger partial charge in [0.1, 0.15) is 18.1 Å². The number of hydrogen-bond donors (Lipinski definition) is 1. The molecule has 92 valence electrons. The van der Waals surface area contributed by atoms with Gasteiger partial charge < -0.3 is 14.6 Å². The largest absolute Gasteiger partial charge is 0.489 e.